The van der Waals surface area contributed by atoms with E-state index in [-0.39, 0.29) is 23.6 Å². The molecule has 2 N–H and O–H groups in total. The summed E-state index contributed by atoms with van der Waals surface area (Å²) in [5.74, 6) is -0.118. The number of benzene rings is 1. The first kappa shape index (κ1) is 18.9. The van der Waals surface area contributed by atoms with Crippen LogP contribution in [-0.2, 0) is 14.4 Å². The number of likely N-dealkylation sites (tertiary alicyclic amines) is 1. The van der Waals surface area contributed by atoms with E-state index < -0.39 is 0 Å². The summed E-state index contributed by atoms with van der Waals surface area (Å²) in [7, 11) is 3.66. The van der Waals surface area contributed by atoms with E-state index in [1.165, 1.54) is 0 Å². The molecule has 1 aliphatic rings. The fourth-order valence-corrected chi connectivity index (χ4v) is 2.83. The van der Waals surface area contributed by atoms with Gasteiger partial charge in [-0.15, -0.1) is 0 Å². The standard InChI is InChI=1S/C18H26N4O3/c1-13(23)22-10-8-14(9-11-22)18(25)20-16-6-4-15(5-7-16)19-17(24)12-21(2)3/h4-7,14H,8-12H2,1-3H3,(H,19,24)(H,20,25). The molecule has 1 heterocycles. The molecule has 136 valence electrons. The molecule has 7 nitrogen and oxygen atoms in total. The molecule has 2 rings (SSSR count). The molecule has 1 saturated heterocycles. The normalized spacial score (nSPS) is 15.1. The number of nitrogens with zero attached hydrogens (tertiary/aromatic N) is 2. The number of hydrogen-bond donors (Lipinski definition) is 2. The summed E-state index contributed by atoms with van der Waals surface area (Å²) in [6, 6.07) is 7.07. The Morgan fingerprint density at radius 3 is 2.04 bits per heavy atom. The van der Waals surface area contributed by atoms with Crippen molar-refractivity contribution in [1.29, 1.82) is 0 Å². The fourth-order valence-electron chi connectivity index (χ4n) is 2.83. The Morgan fingerprint density at radius 1 is 1.04 bits per heavy atom. The van der Waals surface area contributed by atoms with Crippen LogP contribution in [0.2, 0.25) is 0 Å². The number of carbonyl (C=O) groups is 3. The highest BCUT2D eigenvalue weighted by molar-refractivity contribution is 5.94. The average molecular weight is 346 g/mol. The molecule has 1 aromatic carbocycles. The van der Waals surface area contributed by atoms with Gasteiger partial charge in [0.15, 0.2) is 0 Å². The zero-order valence-electron chi connectivity index (χ0n) is 15.0. The lowest BCUT2D eigenvalue weighted by Gasteiger charge is -2.30. The Bertz CT molecular complexity index is 620. The molecule has 0 radical (unpaired) electrons. The van der Waals surface area contributed by atoms with E-state index in [0.717, 1.165) is 0 Å². The van der Waals surface area contributed by atoms with E-state index in [0.29, 0.717) is 43.9 Å². The van der Waals surface area contributed by atoms with Crippen LogP contribution in [0.1, 0.15) is 19.8 Å². The predicted molar refractivity (Wildman–Crippen MR) is 97.2 cm³/mol. The Kier molecular flexibility index (Phi) is 6.52. The van der Waals surface area contributed by atoms with Crippen LogP contribution in [0.15, 0.2) is 24.3 Å². The topological polar surface area (TPSA) is 81.8 Å². The smallest absolute Gasteiger partial charge is 0.238 e. The SMILES string of the molecule is CC(=O)N1CCC(C(=O)Nc2ccc(NC(=O)CN(C)C)cc2)CC1. The van der Waals surface area contributed by atoms with Crippen LogP contribution in [0.3, 0.4) is 0 Å². The first-order valence-electron chi connectivity index (χ1n) is 8.46. The second-order valence-corrected chi connectivity index (χ2v) is 6.63. The van der Waals surface area contributed by atoms with Crippen LogP contribution in [0.4, 0.5) is 11.4 Å². The van der Waals surface area contributed by atoms with Crippen molar-refractivity contribution in [2.24, 2.45) is 5.92 Å². The van der Waals surface area contributed by atoms with E-state index in [9.17, 15) is 14.4 Å². The van der Waals surface area contributed by atoms with E-state index in [2.05, 4.69) is 10.6 Å². The average Bonchev–Trinajstić information content (AvgIpc) is 2.56. The van der Waals surface area contributed by atoms with E-state index in [4.69, 9.17) is 0 Å². The van der Waals surface area contributed by atoms with Crippen LogP contribution < -0.4 is 10.6 Å². The van der Waals surface area contributed by atoms with Gasteiger partial charge in [0.1, 0.15) is 0 Å². The van der Waals surface area contributed by atoms with Crippen molar-refractivity contribution < 1.29 is 14.4 Å². The predicted octanol–water partition coefficient (Wildman–Crippen LogP) is 1.38. The monoisotopic (exact) mass is 346 g/mol. The highest BCUT2D eigenvalue weighted by Gasteiger charge is 2.25. The third kappa shape index (κ3) is 5.86. The number of anilines is 2. The molecule has 0 saturated carbocycles. The van der Waals surface area contributed by atoms with Crippen LogP contribution in [0.5, 0.6) is 0 Å². The molecule has 0 spiro atoms. The summed E-state index contributed by atoms with van der Waals surface area (Å²) < 4.78 is 0. The molecule has 0 bridgehead atoms. The van der Waals surface area contributed by atoms with Crippen LogP contribution in [0, 0.1) is 5.92 Å². The number of rotatable bonds is 5. The van der Waals surface area contributed by atoms with Gasteiger partial charge in [-0.05, 0) is 51.2 Å². The van der Waals surface area contributed by atoms with Gasteiger partial charge in [0.05, 0.1) is 6.54 Å². The quantitative estimate of drug-likeness (QED) is 0.844. The Labute approximate surface area is 148 Å². The number of hydrogen-bond acceptors (Lipinski definition) is 4. The molecule has 7 heteroatoms. The summed E-state index contributed by atoms with van der Waals surface area (Å²) >= 11 is 0. The summed E-state index contributed by atoms with van der Waals surface area (Å²) in [6.07, 6.45) is 1.37. The summed E-state index contributed by atoms with van der Waals surface area (Å²) in [6.45, 7) is 3.13. The molecular weight excluding hydrogens is 320 g/mol. The van der Waals surface area contributed by atoms with Gasteiger partial charge in [-0.3, -0.25) is 14.4 Å². The Morgan fingerprint density at radius 2 is 1.56 bits per heavy atom. The number of piperidine rings is 1. The lowest BCUT2D eigenvalue weighted by molar-refractivity contribution is -0.132. The van der Waals surface area contributed by atoms with Crippen molar-refractivity contribution in [1.82, 2.24) is 9.80 Å². The third-order valence-electron chi connectivity index (χ3n) is 4.21. The molecule has 1 aromatic rings. The molecule has 0 aliphatic carbocycles. The van der Waals surface area contributed by atoms with Crippen molar-refractivity contribution >= 4 is 29.1 Å². The van der Waals surface area contributed by atoms with Crippen molar-refractivity contribution in [3.05, 3.63) is 24.3 Å². The van der Waals surface area contributed by atoms with E-state index in [1.54, 1.807) is 41.0 Å². The van der Waals surface area contributed by atoms with Crippen molar-refractivity contribution in [2.75, 3.05) is 44.4 Å². The Balaban J connectivity index is 1.83. The number of amides is 3. The van der Waals surface area contributed by atoms with Gasteiger partial charge >= 0.3 is 0 Å². The number of nitrogens with one attached hydrogen (secondary N) is 2. The van der Waals surface area contributed by atoms with Gasteiger partial charge in [-0.25, -0.2) is 0 Å². The molecule has 0 unspecified atom stereocenters. The Hall–Kier alpha value is -2.41. The summed E-state index contributed by atoms with van der Waals surface area (Å²) in [5.41, 5.74) is 1.39. The van der Waals surface area contributed by atoms with Crippen LogP contribution >= 0.6 is 0 Å². The molecule has 1 fully saturated rings. The minimum absolute atomic E-state index is 0.0207. The van der Waals surface area contributed by atoms with Gasteiger partial charge in [0.25, 0.3) is 0 Å². The first-order valence-corrected chi connectivity index (χ1v) is 8.46. The third-order valence-corrected chi connectivity index (χ3v) is 4.21. The van der Waals surface area contributed by atoms with Gasteiger partial charge < -0.3 is 20.4 Å². The maximum Gasteiger partial charge on any atom is 0.238 e. The van der Waals surface area contributed by atoms with Gasteiger partial charge in [-0.2, -0.15) is 0 Å². The molecule has 0 aromatic heterocycles. The van der Waals surface area contributed by atoms with Crippen molar-refractivity contribution in [2.45, 2.75) is 19.8 Å². The zero-order valence-corrected chi connectivity index (χ0v) is 15.0. The minimum Gasteiger partial charge on any atom is -0.343 e. The highest BCUT2D eigenvalue weighted by Crippen LogP contribution is 2.20. The largest absolute Gasteiger partial charge is 0.343 e. The highest BCUT2D eigenvalue weighted by atomic mass is 16.2. The van der Waals surface area contributed by atoms with Gasteiger partial charge in [0, 0.05) is 37.3 Å². The zero-order chi connectivity index (χ0) is 18.4. The molecular formula is C18H26N4O3. The number of carbonyl (C=O) groups excluding carboxylic acids is 3. The van der Waals surface area contributed by atoms with Gasteiger partial charge in [-0.1, -0.05) is 0 Å². The first-order chi connectivity index (χ1) is 11.8. The maximum atomic E-state index is 12.3. The van der Waals surface area contributed by atoms with Crippen molar-refractivity contribution in [3.63, 3.8) is 0 Å². The molecule has 25 heavy (non-hydrogen) atoms. The van der Waals surface area contributed by atoms with Crippen LogP contribution in [0.25, 0.3) is 0 Å². The van der Waals surface area contributed by atoms with Crippen LogP contribution in [-0.4, -0.2) is 61.3 Å². The lowest BCUT2D eigenvalue weighted by Crippen LogP contribution is -2.40. The lowest BCUT2D eigenvalue weighted by atomic mass is 9.96. The van der Waals surface area contributed by atoms with E-state index >= 15 is 0 Å². The molecule has 0 atom stereocenters. The number of likely N-dealkylation sites (N-methyl/N-ethyl adjacent to an activating group) is 1. The maximum absolute atomic E-state index is 12.3. The second kappa shape index (κ2) is 8.62. The van der Waals surface area contributed by atoms with E-state index in [1.807, 2.05) is 14.1 Å². The fraction of sp³-hybridized carbons (Fsp3) is 0.500. The molecule has 1 aliphatic heterocycles. The van der Waals surface area contributed by atoms with Crippen molar-refractivity contribution in [3.8, 4) is 0 Å². The van der Waals surface area contributed by atoms with Gasteiger partial charge in [0.2, 0.25) is 17.7 Å². The summed E-state index contributed by atoms with van der Waals surface area (Å²) in [5, 5.41) is 5.71. The molecule has 3 amide bonds. The second-order valence-electron chi connectivity index (χ2n) is 6.63. The minimum atomic E-state index is -0.0842. The summed E-state index contributed by atoms with van der Waals surface area (Å²) in [4.78, 5) is 38.9.